The number of hydrogen-bond donors (Lipinski definition) is 1. The van der Waals surface area contributed by atoms with Gasteiger partial charge in [-0.1, -0.05) is 43.4 Å². The van der Waals surface area contributed by atoms with Crippen LogP contribution < -0.4 is 5.09 Å². The SMILES string of the molecule is CCC(C)SP(=O)(NC)N(C=Nc1ccccc1C)CC. The van der Waals surface area contributed by atoms with Crippen LogP contribution in [-0.4, -0.2) is 29.9 Å². The average molecular weight is 327 g/mol. The van der Waals surface area contributed by atoms with Crippen molar-refractivity contribution in [2.45, 2.75) is 39.4 Å². The Morgan fingerprint density at radius 2 is 2.10 bits per heavy atom. The third-order valence-corrected chi connectivity index (χ3v) is 9.01. The molecule has 1 aromatic rings. The number of nitrogens with zero attached hydrogens (tertiary/aromatic N) is 2. The van der Waals surface area contributed by atoms with E-state index in [1.807, 2.05) is 42.8 Å². The zero-order valence-electron chi connectivity index (χ0n) is 13.5. The van der Waals surface area contributed by atoms with E-state index in [9.17, 15) is 4.57 Å². The predicted molar refractivity (Wildman–Crippen MR) is 95.7 cm³/mol. The number of benzene rings is 1. The first-order chi connectivity index (χ1) is 9.96. The molecular formula is C15H26N3OPS. The van der Waals surface area contributed by atoms with E-state index in [1.54, 1.807) is 13.4 Å². The van der Waals surface area contributed by atoms with Crippen LogP contribution in [0.25, 0.3) is 0 Å². The van der Waals surface area contributed by atoms with E-state index in [0.717, 1.165) is 17.7 Å². The summed E-state index contributed by atoms with van der Waals surface area (Å²) in [4.78, 5) is 4.50. The molecular weight excluding hydrogens is 301 g/mol. The minimum atomic E-state index is -2.68. The number of rotatable bonds is 8. The molecule has 0 aliphatic rings. The van der Waals surface area contributed by atoms with Crippen molar-refractivity contribution in [2.75, 3.05) is 13.6 Å². The molecule has 0 saturated carbocycles. The van der Waals surface area contributed by atoms with Crippen molar-refractivity contribution < 1.29 is 4.57 Å². The predicted octanol–water partition coefficient (Wildman–Crippen LogP) is 4.84. The Bertz CT molecular complexity index is 521. The van der Waals surface area contributed by atoms with Gasteiger partial charge in [-0.05, 0) is 38.9 Å². The van der Waals surface area contributed by atoms with E-state index < -0.39 is 6.65 Å². The number of aliphatic imine (C=N–C) groups is 1. The summed E-state index contributed by atoms with van der Waals surface area (Å²) in [6, 6.07) is 7.94. The molecule has 21 heavy (non-hydrogen) atoms. The molecule has 0 saturated heterocycles. The fourth-order valence-electron chi connectivity index (χ4n) is 1.73. The van der Waals surface area contributed by atoms with Crippen LogP contribution in [-0.2, 0) is 4.57 Å². The molecule has 1 rings (SSSR count). The quantitative estimate of drug-likeness (QED) is 0.422. The van der Waals surface area contributed by atoms with Crippen LogP contribution in [0.3, 0.4) is 0 Å². The van der Waals surface area contributed by atoms with Crippen molar-refractivity contribution in [2.24, 2.45) is 4.99 Å². The zero-order chi connectivity index (χ0) is 15.9. The topological polar surface area (TPSA) is 44.7 Å². The smallest absolute Gasteiger partial charge is 0.293 e. The van der Waals surface area contributed by atoms with Crippen LogP contribution >= 0.6 is 18.0 Å². The first-order valence-electron chi connectivity index (χ1n) is 7.31. The minimum absolute atomic E-state index is 0.337. The van der Waals surface area contributed by atoms with Crippen LogP contribution in [0.5, 0.6) is 0 Å². The number of nitrogens with one attached hydrogen (secondary N) is 1. The second-order valence-electron chi connectivity index (χ2n) is 4.86. The van der Waals surface area contributed by atoms with Gasteiger partial charge in [-0.25, -0.2) is 10.1 Å². The van der Waals surface area contributed by atoms with Gasteiger partial charge in [0.15, 0.2) is 0 Å². The molecule has 0 aliphatic carbocycles. The summed E-state index contributed by atoms with van der Waals surface area (Å²) in [5.41, 5.74) is 2.02. The van der Waals surface area contributed by atoms with Crippen LogP contribution in [0, 0.1) is 6.92 Å². The highest BCUT2D eigenvalue weighted by Gasteiger charge is 2.28. The van der Waals surface area contributed by atoms with E-state index in [0.29, 0.717) is 11.8 Å². The molecule has 0 spiro atoms. The summed E-state index contributed by atoms with van der Waals surface area (Å²) >= 11 is 1.50. The Kier molecular flexibility index (Phi) is 7.50. The molecule has 0 amide bonds. The molecule has 1 aromatic carbocycles. The minimum Gasteiger partial charge on any atom is -0.294 e. The Balaban J connectivity index is 2.95. The van der Waals surface area contributed by atoms with Gasteiger partial charge in [0.2, 0.25) is 0 Å². The first-order valence-corrected chi connectivity index (χ1v) is 10.5. The lowest BCUT2D eigenvalue weighted by Crippen LogP contribution is -2.24. The van der Waals surface area contributed by atoms with Crippen LogP contribution in [0.1, 0.15) is 32.8 Å². The van der Waals surface area contributed by atoms with Crippen molar-refractivity contribution in [1.29, 1.82) is 0 Å². The maximum atomic E-state index is 13.1. The van der Waals surface area contributed by atoms with Gasteiger partial charge in [0.25, 0.3) is 6.65 Å². The zero-order valence-corrected chi connectivity index (χ0v) is 15.2. The van der Waals surface area contributed by atoms with E-state index >= 15 is 0 Å². The summed E-state index contributed by atoms with van der Waals surface area (Å²) in [6.07, 6.45) is 2.69. The highest BCUT2D eigenvalue weighted by Crippen LogP contribution is 2.59. The van der Waals surface area contributed by atoms with E-state index in [4.69, 9.17) is 0 Å². The molecule has 0 bridgehead atoms. The lowest BCUT2D eigenvalue weighted by atomic mass is 10.2. The fraction of sp³-hybridized carbons (Fsp3) is 0.533. The first kappa shape index (κ1) is 18.3. The summed E-state index contributed by atoms with van der Waals surface area (Å²) in [5, 5.41) is 3.34. The largest absolute Gasteiger partial charge is 0.294 e. The second kappa shape index (κ2) is 8.62. The molecule has 0 aliphatic heterocycles. The number of hydrogen-bond acceptors (Lipinski definition) is 3. The average Bonchev–Trinajstić information content (AvgIpc) is 2.49. The standard InChI is InChI=1S/C15H26N3OPS/c1-6-14(4)21-20(19,16-5)18(7-2)12-17-15-11-9-8-10-13(15)3/h8-12,14H,6-7H2,1-5H3,(H,16,19). The summed E-state index contributed by atoms with van der Waals surface area (Å²) < 4.78 is 14.9. The molecule has 4 nitrogen and oxygen atoms in total. The summed E-state index contributed by atoms with van der Waals surface area (Å²) in [6.45, 7) is 6.18. The third-order valence-electron chi connectivity index (χ3n) is 3.29. The molecule has 6 heteroatoms. The number of aryl methyl sites for hydroxylation is 1. The fourth-order valence-corrected chi connectivity index (χ4v) is 6.48. The lowest BCUT2D eigenvalue weighted by Gasteiger charge is -2.29. The highest BCUT2D eigenvalue weighted by molar-refractivity contribution is 8.57. The van der Waals surface area contributed by atoms with Crippen molar-refractivity contribution >= 4 is 30.1 Å². The lowest BCUT2D eigenvalue weighted by molar-refractivity contribution is 0.535. The molecule has 2 unspecified atom stereocenters. The summed E-state index contributed by atoms with van der Waals surface area (Å²) in [5.74, 6) is 0. The maximum Gasteiger partial charge on any atom is 0.293 e. The number of para-hydroxylation sites is 1. The van der Waals surface area contributed by atoms with Gasteiger partial charge in [0, 0.05) is 11.8 Å². The van der Waals surface area contributed by atoms with Gasteiger partial charge < -0.3 is 0 Å². The van der Waals surface area contributed by atoms with Crippen LogP contribution in [0.2, 0.25) is 0 Å². The molecule has 1 N–H and O–H groups in total. The summed E-state index contributed by atoms with van der Waals surface area (Å²) in [7, 11) is 1.75. The third kappa shape index (κ3) is 5.17. The van der Waals surface area contributed by atoms with E-state index in [-0.39, 0.29) is 0 Å². The molecule has 0 radical (unpaired) electrons. The Hall–Kier alpha value is -0.770. The van der Waals surface area contributed by atoms with Crippen molar-refractivity contribution in [3.8, 4) is 0 Å². The molecule has 2 atom stereocenters. The van der Waals surface area contributed by atoms with Gasteiger partial charge in [-0.3, -0.25) is 9.24 Å². The van der Waals surface area contributed by atoms with Gasteiger partial charge in [0.1, 0.15) is 0 Å². The van der Waals surface area contributed by atoms with E-state index in [2.05, 4.69) is 23.9 Å². The Labute approximate surface area is 132 Å². The molecule has 0 fully saturated rings. The van der Waals surface area contributed by atoms with Crippen molar-refractivity contribution in [1.82, 2.24) is 9.76 Å². The van der Waals surface area contributed by atoms with Gasteiger partial charge in [0.05, 0.1) is 12.0 Å². The monoisotopic (exact) mass is 327 g/mol. The highest BCUT2D eigenvalue weighted by atomic mass is 32.7. The van der Waals surface area contributed by atoms with Gasteiger partial charge in [-0.2, -0.15) is 0 Å². The van der Waals surface area contributed by atoms with Crippen molar-refractivity contribution in [3.05, 3.63) is 29.8 Å². The molecule has 0 heterocycles. The van der Waals surface area contributed by atoms with Crippen LogP contribution in [0.15, 0.2) is 29.3 Å². The van der Waals surface area contributed by atoms with E-state index in [1.165, 1.54) is 11.4 Å². The Morgan fingerprint density at radius 3 is 2.62 bits per heavy atom. The Morgan fingerprint density at radius 1 is 1.43 bits per heavy atom. The van der Waals surface area contributed by atoms with Gasteiger partial charge >= 0.3 is 0 Å². The molecule has 0 aromatic heterocycles. The maximum absolute atomic E-state index is 13.1. The van der Waals surface area contributed by atoms with Crippen molar-refractivity contribution in [3.63, 3.8) is 0 Å². The van der Waals surface area contributed by atoms with Gasteiger partial charge in [-0.15, -0.1) is 0 Å². The second-order valence-corrected chi connectivity index (χ2v) is 9.99. The molecule has 118 valence electrons. The normalized spacial score (nSPS) is 15.9. The van der Waals surface area contributed by atoms with Crippen LogP contribution in [0.4, 0.5) is 5.69 Å².